The Kier molecular flexibility index (Phi) is 6.54. The summed E-state index contributed by atoms with van der Waals surface area (Å²) in [5.74, 6) is -0.424. The highest BCUT2D eigenvalue weighted by atomic mass is 35.5. The average Bonchev–Trinajstić information content (AvgIpc) is 3.28. The van der Waals surface area contributed by atoms with Crippen LogP contribution in [-0.4, -0.2) is 15.9 Å². The minimum Gasteiger partial charge on any atom is -0.489 e. The zero-order valence-electron chi connectivity index (χ0n) is 16.2. The molecule has 0 aliphatic heterocycles. The lowest BCUT2D eigenvalue weighted by molar-refractivity contribution is 0.0946. The summed E-state index contributed by atoms with van der Waals surface area (Å²) in [5, 5.41) is 5.40. The van der Waals surface area contributed by atoms with Gasteiger partial charge in [-0.05, 0) is 29.8 Å². The molecule has 4 rings (SSSR count). The minimum absolute atomic E-state index is 0.233. The summed E-state index contributed by atoms with van der Waals surface area (Å²) in [7, 11) is 0. The number of aromatic nitrogens is 2. The molecule has 0 radical (unpaired) electrons. The number of hydrogen-bond acceptors (Lipinski definition) is 5. The number of ether oxygens (including phenoxy) is 1. The number of halogens is 2. The third-order valence-corrected chi connectivity index (χ3v) is 5.68. The van der Waals surface area contributed by atoms with Gasteiger partial charge in [-0.25, -0.2) is 9.37 Å². The molecule has 0 spiro atoms. The van der Waals surface area contributed by atoms with Crippen LogP contribution in [0.2, 0.25) is 5.02 Å². The second-order valence-corrected chi connectivity index (χ2v) is 7.87. The van der Waals surface area contributed by atoms with Crippen LogP contribution in [-0.2, 0) is 13.2 Å². The monoisotopic (exact) mass is 453 g/mol. The lowest BCUT2D eigenvalue weighted by Gasteiger charge is -2.09. The summed E-state index contributed by atoms with van der Waals surface area (Å²) in [5.41, 5.74) is 2.24. The predicted molar refractivity (Wildman–Crippen MR) is 119 cm³/mol. The molecular formula is C23H17ClFN3O2S. The van der Waals surface area contributed by atoms with Crippen molar-refractivity contribution in [2.75, 3.05) is 0 Å². The van der Waals surface area contributed by atoms with Crippen molar-refractivity contribution in [3.05, 3.63) is 100 Å². The molecule has 0 atom stereocenters. The van der Waals surface area contributed by atoms with Crippen molar-refractivity contribution in [1.29, 1.82) is 0 Å². The van der Waals surface area contributed by atoms with Crippen molar-refractivity contribution in [1.82, 2.24) is 15.3 Å². The smallest absolute Gasteiger partial charge is 0.271 e. The van der Waals surface area contributed by atoms with Gasteiger partial charge < -0.3 is 10.1 Å². The van der Waals surface area contributed by atoms with E-state index in [9.17, 15) is 9.18 Å². The Morgan fingerprint density at radius 2 is 2.03 bits per heavy atom. The molecule has 0 bridgehead atoms. The zero-order chi connectivity index (χ0) is 21.6. The Hall–Kier alpha value is -3.29. The van der Waals surface area contributed by atoms with E-state index in [-0.39, 0.29) is 18.2 Å². The number of carbonyl (C=O) groups excluding carboxylic acids is 1. The molecular weight excluding hydrogens is 437 g/mol. The van der Waals surface area contributed by atoms with Crippen LogP contribution in [0.4, 0.5) is 4.39 Å². The van der Waals surface area contributed by atoms with Crippen LogP contribution < -0.4 is 10.1 Å². The van der Waals surface area contributed by atoms with Crippen molar-refractivity contribution in [3.8, 4) is 16.3 Å². The summed E-state index contributed by atoms with van der Waals surface area (Å²) in [6.45, 7) is 0.572. The number of nitrogens with zero attached hydrogens (tertiary/aromatic N) is 2. The third-order valence-electron chi connectivity index (χ3n) is 4.44. The van der Waals surface area contributed by atoms with Gasteiger partial charge in [0, 0.05) is 46.5 Å². The molecule has 156 valence electrons. The first kappa shape index (κ1) is 21.0. The number of pyridine rings is 1. The summed E-state index contributed by atoms with van der Waals surface area (Å²) in [6, 6.07) is 15.5. The van der Waals surface area contributed by atoms with Crippen LogP contribution in [0.1, 0.15) is 21.6 Å². The van der Waals surface area contributed by atoms with Crippen LogP contribution >= 0.6 is 22.9 Å². The highest BCUT2D eigenvalue weighted by molar-refractivity contribution is 7.13. The van der Waals surface area contributed by atoms with E-state index in [4.69, 9.17) is 16.3 Å². The summed E-state index contributed by atoms with van der Waals surface area (Å²) < 4.78 is 20.3. The number of thiazole rings is 1. The lowest BCUT2D eigenvalue weighted by atomic mass is 10.2. The SMILES string of the molecule is O=C(NCc1cccnc1)c1csc(-c2ccc(OCc3ccccc3Cl)cc2F)n1. The first-order chi connectivity index (χ1) is 15.1. The van der Waals surface area contributed by atoms with Crippen molar-refractivity contribution in [3.63, 3.8) is 0 Å². The highest BCUT2D eigenvalue weighted by Gasteiger charge is 2.15. The minimum atomic E-state index is -0.478. The van der Waals surface area contributed by atoms with E-state index >= 15 is 0 Å². The molecule has 1 amide bonds. The zero-order valence-corrected chi connectivity index (χ0v) is 17.8. The van der Waals surface area contributed by atoms with E-state index in [1.165, 1.54) is 17.4 Å². The number of amides is 1. The summed E-state index contributed by atoms with van der Waals surface area (Å²) in [6.07, 6.45) is 3.34. The molecule has 8 heteroatoms. The summed E-state index contributed by atoms with van der Waals surface area (Å²) >= 11 is 7.32. The van der Waals surface area contributed by atoms with Gasteiger partial charge in [0.15, 0.2) is 0 Å². The van der Waals surface area contributed by atoms with Crippen molar-refractivity contribution in [2.45, 2.75) is 13.2 Å². The quantitative estimate of drug-likeness (QED) is 0.401. The van der Waals surface area contributed by atoms with E-state index in [0.29, 0.717) is 27.9 Å². The Morgan fingerprint density at radius 3 is 2.81 bits per heavy atom. The molecule has 0 aliphatic rings. The van der Waals surface area contributed by atoms with Crippen LogP contribution in [0.15, 0.2) is 72.4 Å². The summed E-state index contributed by atoms with van der Waals surface area (Å²) in [4.78, 5) is 20.6. The van der Waals surface area contributed by atoms with Gasteiger partial charge in [0.1, 0.15) is 28.9 Å². The molecule has 2 aromatic carbocycles. The maximum atomic E-state index is 14.7. The Balaban J connectivity index is 1.41. The molecule has 5 nitrogen and oxygen atoms in total. The number of nitrogens with one attached hydrogen (secondary N) is 1. The Labute approximate surface area is 187 Å². The molecule has 4 aromatic rings. The highest BCUT2D eigenvalue weighted by Crippen LogP contribution is 2.29. The molecule has 0 saturated heterocycles. The molecule has 0 saturated carbocycles. The van der Waals surface area contributed by atoms with Gasteiger partial charge in [0.05, 0.1) is 0 Å². The second kappa shape index (κ2) is 9.68. The van der Waals surface area contributed by atoms with Gasteiger partial charge in [-0.3, -0.25) is 9.78 Å². The second-order valence-electron chi connectivity index (χ2n) is 6.60. The maximum absolute atomic E-state index is 14.7. The number of benzene rings is 2. The van der Waals surface area contributed by atoms with Gasteiger partial charge in [-0.15, -0.1) is 11.3 Å². The van der Waals surface area contributed by atoms with Gasteiger partial charge in [0.25, 0.3) is 5.91 Å². The molecule has 2 aromatic heterocycles. The molecule has 1 N–H and O–H groups in total. The van der Waals surface area contributed by atoms with E-state index in [1.807, 2.05) is 24.3 Å². The number of carbonyl (C=O) groups is 1. The largest absolute Gasteiger partial charge is 0.489 e. The van der Waals surface area contributed by atoms with E-state index < -0.39 is 5.82 Å². The fourth-order valence-electron chi connectivity index (χ4n) is 2.81. The van der Waals surface area contributed by atoms with Crippen LogP contribution in [0, 0.1) is 5.82 Å². The van der Waals surface area contributed by atoms with E-state index in [2.05, 4.69) is 15.3 Å². The molecule has 0 aliphatic carbocycles. The third kappa shape index (κ3) is 5.25. The first-order valence-corrected chi connectivity index (χ1v) is 10.6. The van der Waals surface area contributed by atoms with Gasteiger partial charge in [0.2, 0.25) is 0 Å². The standard InChI is InChI=1S/C23H17ClFN3O2S/c24-19-6-2-1-5-16(19)13-30-17-7-8-18(20(25)10-17)23-28-21(14-31-23)22(29)27-12-15-4-3-9-26-11-15/h1-11,14H,12-13H2,(H,27,29). The topological polar surface area (TPSA) is 64.1 Å². The predicted octanol–water partition coefficient (Wildman–Crippen LogP) is 5.51. The van der Waals surface area contributed by atoms with Crippen LogP contribution in [0.5, 0.6) is 5.75 Å². The van der Waals surface area contributed by atoms with E-state index in [0.717, 1.165) is 11.1 Å². The Bertz CT molecular complexity index is 1200. The van der Waals surface area contributed by atoms with Gasteiger partial charge >= 0.3 is 0 Å². The number of rotatable bonds is 7. The molecule has 0 unspecified atom stereocenters. The number of hydrogen-bond donors (Lipinski definition) is 1. The van der Waals surface area contributed by atoms with Crippen LogP contribution in [0.25, 0.3) is 10.6 Å². The van der Waals surface area contributed by atoms with Crippen molar-refractivity contribution in [2.24, 2.45) is 0 Å². The first-order valence-electron chi connectivity index (χ1n) is 9.39. The molecule has 0 fully saturated rings. The van der Waals surface area contributed by atoms with Gasteiger partial charge in [-0.1, -0.05) is 35.9 Å². The normalized spacial score (nSPS) is 10.6. The lowest BCUT2D eigenvalue weighted by Crippen LogP contribution is -2.23. The fraction of sp³-hybridized carbons (Fsp3) is 0.0870. The van der Waals surface area contributed by atoms with Crippen LogP contribution in [0.3, 0.4) is 0 Å². The fourth-order valence-corrected chi connectivity index (χ4v) is 3.83. The Morgan fingerprint density at radius 1 is 1.16 bits per heavy atom. The maximum Gasteiger partial charge on any atom is 0.271 e. The molecule has 31 heavy (non-hydrogen) atoms. The van der Waals surface area contributed by atoms with Gasteiger partial charge in [-0.2, -0.15) is 0 Å². The molecule has 2 heterocycles. The average molecular weight is 454 g/mol. The van der Waals surface area contributed by atoms with Crippen molar-refractivity contribution < 1.29 is 13.9 Å². The van der Waals surface area contributed by atoms with Crippen molar-refractivity contribution >= 4 is 28.8 Å². The van der Waals surface area contributed by atoms with E-state index in [1.54, 1.807) is 42.0 Å².